The number of pyridine rings is 1. The van der Waals surface area contributed by atoms with Gasteiger partial charge in [-0.15, -0.1) is 0 Å². The van der Waals surface area contributed by atoms with Crippen molar-refractivity contribution >= 4 is 39.8 Å². The predicted molar refractivity (Wildman–Crippen MR) is 56.2 cm³/mol. The van der Waals surface area contributed by atoms with Gasteiger partial charge < -0.3 is 5.73 Å². The van der Waals surface area contributed by atoms with Crippen LogP contribution in [0.2, 0.25) is 10.0 Å². The van der Waals surface area contributed by atoms with E-state index in [1.807, 2.05) is 0 Å². The molecule has 2 nitrogen and oxygen atoms in total. The zero-order valence-electron chi connectivity index (χ0n) is 6.59. The van der Waals surface area contributed by atoms with E-state index in [1.54, 1.807) is 24.4 Å². The van der Waals surface area contributed by atoms with Crippen LogP contribution in [0.25, 0.3) is 10.8 Å². The zero-order chi connectivity index (χ0) is 9.42. The van der Waals surface area contributed by atoms with Gasteiger partial charge in [0.15, 0.2) is 0 Å². The van der Waals surface area contributed by atoms with Crippen molar-refractivity contribution in [2.45, 2.75) is 0 Å². The minimum absolute atomic E-state index is 0.407. The van der Waals surface area contributed by atoms with E-state index < -0.39 is 0 Å². The molecular formula is C9H6Cl2N2. The quantitative estimate of drug-likeness (QED) is 0.730. The molecule has 0 atom stereocenters. The largest absolute Gasteiger partial charge is 0.383 e. The summed E-state index contributed by atoms with van der Waals surface area (Å²) in [5.74, 6) is 0.407. The highest BCUT2D eigenvalue weighted by atomic mass is 35.5. The van der Waals surface area contributed by atoms with Crippen LogP contribution in [0, 0.1) is 0 Å². The lowest BCUT2D eigenvalue weighted by atomic mass is 10.1. The minimum atomic E-state index is 0.407. The normalized spacial score (nSPS) is 10.6. The van der Waals surface area contributed by atoms with Crippen LogP contribution in [0.4, 0.5) is 5.82 Å². The number of rotatable bonds is 0. The van der Waals surface area contributed by atoms with E-state index in [4.69, 9.17) is 28.9 Å². The molecule has 2 aromatic rings. The number of nitrogen functional groups attached to an aromatic ring is 1. The number of nitrogens with zero attached hydrogens (tertiary/aromatic N) is 1. The zero-order valence-corrected chi connectivity index (χ0v) is 8.10. The fourth-order valence-electron chi connectivity index (χ4n) is 1.25. The summed E-state index contributed by atoms with van der Waals surface area (Å²) in [5.41, 5.74) is 5.67. The third-order valence-electron chi connectivity index (χ3n) is 1.85. The summed E-state index contributed by atoms with van der Waals surface area (Å²) in [7, 11) is 0. The number of nitrogens with two attached hydrogens (primary N) is 1. The fraction of sp³-hybridized carbons (Fsp3) is 0. The Morgan fingerprint density at radius 1 is 1.08 bits per heavy atom. The second-order valence-corrected chi connectivity index (χ2v) is 3.46. The van der Waals surface area contributed by atoms with E-state index >= 15 is 0 Å². The third-order valence-corrected chi connectivity index (χ3v) is 2.50. The van der Waals surface area contributed by atoms with E-state index in [9.17, 15) is 0 Å². The Morgan fingerprint density at radius 3 is 2.46 bits per heavy atom. The predicted octanol–water partition coefficient (Wildman–Crippen LogP) is 3.12. The van der Waals surface area contributed by atoms with Crippen molar-refractivity contribution in [1.29, 1.82) is 0 Å². The first-order valence-electron chi connectivity index (χ1n) is 3.68. The fourth-order valence-corrected chi connectivity index (χ4v) is 1.73. The number of benzene rings is 1. The minimum Gasteiger partial charge on any atom is -0.383 e. The molecule has 1 aromatic carbocycles. The van der Waals surface area contributed by atoms with Crippen LogP contribution >= 0.6 is 23.2 Å². The summed E-state index contributed by atoms with van der Waals surface area (Å²) in [6.07, 6.45) is 1.61. The number of aromatic nitrogens is 1. The maximum absolute atomic E-state index is 5.96. The van der Waals surface area contributed by atoms with Crippen molar-refractivity contribution < 1.29 is 0 Å². The van der Waals surface area contributed by atoms with Crippen LogP contribution in [0.5, 0.6) is 0 Å². The van der Waals surface area contributed by atoms with Gasteiger partial charge in [0.05, 0.1) is 5.02 Å². The lowest BCUT2D eigenvalue weighted by Gasteiger charge is -2.04. The van der Waals surface area contributed by atoms with E-state index in [-0.39, 0.29) is 0 Å². The number of anilines is 1. The Bertz CT molecular complexity index is 460. The maximum atomic E-state index is 5.96. The molecule has 0 amide bonds. The standard InChI is InChI=1S/C9H6Cl2N2/c10-6-1-2-7(11)8-5(6)3-4-13-9(8)12/h1-4H,(H2,12,13). The lowest BCUT2D eigenvalue weighted by Crippen LogP contribution is -1.91. The Balaban J connectivity index is 3.00. The van der Waals surface area contributed by atoms with Crippen molar-refractivity contribution in [1.82, 2.24) is 4.98 Å². The van der Waals surface area contributed by atoms with Crippen molar-refractivity contribution in [3.05, 3.63) is 34.4 Å². The van der Waals surface area contributed by atoms with E-state index in [2.05, 4.69) is 4.98 Å². The molecule has 2 rings (SSSR count). The molecule has 2 N–H and O–H groups in total. The summed E-state index contributed by atoms with van der Waals surface area (Å²) in [6.45, 7) is 0. The van der Waals surface area contributed by atoms with E-state index in [1.165, 1.54) is 0 Å². The van der Waals surface area contributed by atoms with Crippen molar-refractivity contribution in [2.75, 3.05) is 5.73 Å². The highest BCUT2D eigenvalue weighted by molar-refractivity contribution is 6.41. The molecule has 0 bridgehead atoms. The molecular weight excluding hydrogens is 207 g/mol. The smallest absolute Gasteiger partial charge is 0.132 e. The summed E-state index contributed by atoms with van der Waals surface area (Å²) in [6, 6.07) is 5.25. The summed E-state index contributed by atoms with van der Waals surface area (Å²) >= 11 is 11.9. The monoisotopic (exact) mass is 212 g/mol. The molecule has 13 heavy (non-hydrogen) atoms. The van der Waals surface area contributed by atoms with Gasteiger partial charge in [-0.05, 0) is 18.2 Å². The molecule has 1 aromatic heterocycles. The molecule has 0 saturated carbocycles. The molecule has 0 spiro atoms. The lowest BCUT2D eigenvalue weighted by molar-refractivity contribution is 1.37. The Labute approximate surface area is 85.3 Å². The van der Waals surface area contributed by atoms with Gasteiger partial charge in [0, 0.05) is 22.0 Å². The summed E-state index contributed by atoms with van der Waals surface area (Å²) in [4.78, 5) is 3.94. The first-order valence-corrected chi connectivity index (χ1v) is 4.44. The van der Waals surface area contributed by atoms with Gasteiger partial charge in [-0.3, -0.25) is 0 Å². The van der Waals surface area contributed by atoms with Crippen molar-refractivity contribution in [3.8, 4) is 0 Å². The topological polar surface area (TPSA) is 38.9 Å². The first kappa shape index (κ1) is 8.60. The average molecular weight is 213 g/mol. The molecule has 0 saturated heterocycles. The van der Waals surface area contributed by atoms with Gasteiger partial charge in [-0.2, -0.15) is 0 Å². The third kappa shape index (κ3) is 1.32. The summed E-state index contributed by atoms with van der Waals surface area (Å²) in [5, 5.41) is 2.76. The van der Waals surface area contributed by atoms with Crippen LogP contribution in [0.3, 0.4) is 0 Å². The van der Waals surface area contributed by atoms with Crippen LogP contribution in [0.15, 0.2) is 24.4 Å². The second kappa shape index (κ2) is 3.05. The highest BCUT2D eigenvalue weighted by Crippen LogP contribution is 2.31. The van der Waals surface area contributed by atoms with E-state index in [0.29, 0.717) is 15.9 Å². The van der Waals surface area contributed by atoms with Crippen LogP contribution in [-0.2, 0) is 0 Å². The van der Waals surface area contributed by atoms with Gasteiger partial charge in [0.1, 0.15) is 5.82 Å². The van der Waals surface area contributed by atoms with Gasteiger partial charge in [0.2, 0.25) is 0 Å². The molecule has 1 heterocycles. The maximum Gasteiger partial charge on any atom is 0.132 e. The number of hydrogen-bond donors (Lipinski definition) is 1. The Hall–Kier alpha value is -0.990. The van der Waals surface area contributed by atoms with Gasteiger partial charge >= 0.3 is 0 Å². The van der Waals surface area contributed by atoms with Crippen LogP contribution < -0.4 is 5.73 Å². The van der Waals surface area contributed by atoms with Crippen molar-refractivity contribution in [2.24, 2.45) is 0 Å². The SMILES string of the molecule is Nc1nccc2c(Cl)ccc(Cl)c12. The molecule has 0 aliphatic carbocycles. The molecule has 0 aliphatic heterocycles. The highest BCUT2D eigenvalue weighted by Gasteiger charge is 2.06. The average Bonchev–Trinajstić information content (AvgIpc) is 2.12. The van der Waals surface area contributed by atoms with Crippen molar-refractivity contribution in [3.63, 3.8) is 0 Å². The number of fused-ring (bicyclic) bond motifs is 1. The number of halogens is 2. The molecule has 0 fully saturated rings. The Kier molecular flexibility index (Phi) is 2.02. The molecule has 66 valence electrons. The van der Waals surface area contributed by atoms with Gasteiger partial charge in [0.25, 0.3) is 0 Å². The van der Waals surface area contributed by atoms with E-state index in [0.717, 1.165) is 10.8 Å². The number of hydrogen-bond acceptors (Lipinski definition) is 2. The second-order valence-electron chi connectivity index (χ2n) is 2.65. The van der Waals surface area contributed by atoms with Gasteiger partial charge in [-0.1, -0.05) is 23.2 Å². The molecule has 0 radical (unpaired) electrons. The van der Waals surface area contributed by atoms with Crippen LogP contribution in [0.1, 0.15) is 0 Å². The molecule has 0 aliphatic rings. The first-order chi connectivity index (χ1) is 6.20. The molecule has 0 unspecified atom stereocenters. The molecule has 4 heteroatoms. The summed E-state index contributed by atoms with van der Waals surface area (Å²) < 4.78 is 0. The Morgan fingerprint density at radius 2 is 1.77 bits per heavy atom. The van der Waals surface area contributed by atoms with Gasteiger partial charge in [-0.25, -0.2) is 4.98 Å². The van der Waals surface area contributed by atoms with Crippen LogP contribution in [-0.4, -0.2) is 4.98 Å².